The lowest BCUT2D eigenvalue weighted by Gasteiger charge is -2.07. The average molecular weight is 198 g/mol. The second kappa shape index (κ2) is 4.65. The Morgan fingerprint density at radius 1 is 1.20 bits per heavy atom. The molecule has 0 aromatic heterocycles. The third-order valence-electron chi connectivity index (χ3n) is 2.70. The van der Waals surface area contributed by atoms with Gasteiger partial charge >= 0.3 is 0 Å². The van der Waals surface area contributed by atoms with Gasteiger partial charge in [0, 0.05) is 17.8 Å². The van der Waals surface area contributed by atoms with Crippen LogP contribution in [0.4, 0.5) is 0 Å². The molecule has 0 atom stereocenters. The molecule has 15 heavy (non-hydrogen) atoms. The van der Waals surface area contributed by atoms with Gasteiger partial charge in [-0.05, 0) is 24.8 Å². The highest BCUT2D eigenvalue weighted by molar-refractivity contribution is 5.31. The van der Waals surface area contributed by atoms with Crippen molar-refractivity contribution in [3.63, 3.8) is 0 Å². The molecule has 1 aromatic rings. The standard InChI is InChI=1S/C13H14N2/c14-9-12-7-4-8-13(12)15-10-11-5-2-1-3-6-11/h1-3,5-6,15H,4,7-8,10H2. The minimum Gasteiger partial charge on any atom is -0.383 e. The summed E-state index contributed by atoms with van der Waals surface area (Å²) in [6, 6.07) is 12.5. The molecule has 2 rings (SSSR count). The molecule has 0 saturated carbocycles. The van der Waals surface area contributed by atoms with Gasteiger partial charge in [0.05, 0.1) is 6.07 Å². The Kier molecular flexibility index (Phi) is 3.04. The van der Waals surface area contributed by atoms with Crippen molar-refractivity contribution in [2.45, 2.75) is 25.8 Å². The third-order valence-corrected chi connectivity index (χ3v) is 2.70. The first-order valence-electron chi connectivity index (χ1n) is 5.30. The topological polar surface area (TPSA) is 35.8 Å². The summed E-state index contributed by atoms with van der Waals surface area (Å²) in [5.74, 6) is 0. The van der Waals surface area contributed by atoms with Crippen molar-refractivity contribution in [1.82, 2.24) is 5.32 Å². The summed E-state index contributed by atoms with van der Waals surface area (Å²) < 4.78 is 0. The first-order valence-corrected chi connectivity index (χ1v) is 5.30. The molecule has 0 unspecified atom stereocenters. The molecule has 1 aliphatic rings. The van der Waals surface area contributed by atoms with Crippen LogP contribution in [0.25, 0.3) is 0 Å². The van der Waals surface area contributed by atoms with Crippen molar-refractivity contribution in [1.29, 1.82) is 5.26 Å². The molecule has 1 aromatic carbocycles. The predicted molar refractivity (Wildman–Crippen MR) is 59.8 cm³/mol. The molecule has 0 radical (unpaired) electrons. The van der Waals surface area contributed by atoms with Crippen molar-refractivity contribution >= 4 is 0 Å². The van der Waals surface area contributed by atoms with E-state index in [2.05, 4.69) is 23.5 Å². The van der Waals surface area contributed by atoms with Crippen LogP contribution in [-0.4, -0.2) is 0 Å². The van der Waals surface area contributed by atoms with Crippen LogP contribution in [0, 0.1) is 11.3 Å². The molecular weight excluding hydrogens is 184 g/mol. The molecule has 1 N–H and O–H groups in total. The zero-order chi connectivity index (χ0) is 10.5. The highest BCUT2D eigenvalue weighted by atomic mass is 14.9. The van der Waals surface area contributed by atoms with E-state index < -0.39 is 0 Å². The van der Waals surface area contributed by atoms with Crippen LogP contribution < -0.4 is 5.32 Å². The Morgan fingerprint density at radius 2 is 2.00 bits per heavy atom. The van der Waals surface area contributed by atoms with Crippen molar-refractivity contribution in [3.8, 4) is 6.07 Å². The van der Waals surface area contributed by atoms with Crippen molar-refractivity contribution in [2.24, 2.45) is 0 Å². The van der Waals surface area contributed by atoms with Crippen molar-refractivity contribution < 1.29 is 0 Å². The lowest BCUT2D eigenvalue weighted by Crippen LogP contribution is -2.12. The largest absolute Gasteiger partial charge is 0.383 e. The summed E-state index contributed by atoms with van der Waals surface area (Å²) in [4.78, 5) is 0. The number of nitrogens with one attached hydrogen (secondary N) is 1. The van der Waals surface area contributed by atoms with E-state index >= 15 is 0 Å². The van der Waals surface area contributed by atoms with E-state index in [9.17, 15) is 0 Å². The van der Waals surface area contributed by atoms with Gasteiger partial charge in [-0.3, -0.25) is 0 Å². The summed E-state index contributed by atoms with van der Waals surface area (Å²) in [5, 5.41) is 12.2. The minimum atomic E-state index is 0.821. The maximum Gasteiger partial charge on any atom is 0.0965 e. The van der Waals surface area contributed by atoms with Gasteiger partial charge in [0.25, 0.3) is 0 Å². The first-order chi connectivity index (χ1) is 7.40. The number of nitrogens with zero attached hydrogens (tertiary/aromatic N) is 1. The summed E-state index contributed by atoms with van der Waals surface area (Å²) in [6.07, 6.45) is 3.07. The van der Waals surface area contributed by atoms with Gasteiger partial charge in [0.15, 0.2) is 0 Å². The number of benzene rings is 1. The Hall–Kier alpha value is -1.75. The lowest BCUT2D eigenvalue weighted by atomic mass is 10.2. The summed E-state index contributed by atoms with van der Waals surface area (Å²) in [7, 11) is 0. The molecule has 0 bridgehead atoms. The third kappa shape index (κ3) is 2.38. The van der Waals surface area contributed by atoms with E-state index in [1.165, 1.54) is 5.56 Å². The zero-order valence-corrected chi connectivity index (χ0v) is 8.66. The Bertz CT molecular complexity index is 398. The second-order valence-electron chi connectivity index (χ2n) is 3.76. The van der Waals surface area contributed by atoms with Gasteiger partial charge < -0.3 is 5.32 Å². The van der Waals surface area contributed by atoms with E-state index in [4.69, 9.17) is 5.26 Å². The molecule has 0 heterocycles. The van der Waals surface area contributed by atoms with Gasteiger partial charge in [-0.15, -0.1) is 0 Å². The monoisotopic (exact) mass is 198 g/mol. The second-order valence-corrected chi connectivity index (χ2v) is 3.76. The minimum absolute atomic E-state index is 0.821. The zero-order valence-electron chi connectivity index (χ0n) is 8.66. The maximum atomic E-state index is 8.89. The van der Waals surface area contributed by atoms with E-state index in [0.717, 1.165) is 37.1 Å². The first kappa shape index (κ1) is 9.79. The number of rotatable bonds is 3. The van der Waals surface area contributed by atoms with Crippen molar-refractivity contribution in [2.75, 3.05) is 0 Å². The van der Waals surface area contributed by atoms with Crippen LogP contribution in [0.3, 0.4) is 0 Å². The predicted octanol–water partition coefficient (Wildman–Crippen LogP) is 2.74. The van der Waals surface area contributed by atoms with Crippen LogP contribution in [0.1, 0.15) is 24.8 Å². The fraction of sp³-hybridized carbons (Fsp3) is 0.308. The summed E-state index contributed by atoms with van der Waals surface area (Å²) in [5.41, 5.74) is 3.33. The quantitative estimate of drug-likeness (QED) is 0.810. The number of hydrogen-bond donors (Lipinski definition) is 1. The highest BCUT2D eigenvalue weighted by Gasteiger charge is 2.13. The fourth-order valence-electron chi connectivity index (χ4n) is 1.87. The van der Waals surface area contributed by atoms with Gasteiger partial charge in [-0.2, -0.15) is 5.26 Å². The summed E-state index contributed by atoms with van der Waals surface area (Å²) in [6.45, 7) is 0.821. The van der Waals surface area contributed by atoms with Crippen LogP contribution in [0.5, 0.6) is 0 Å². The van der Waals surface area contributed by atoms with Crippen LogP contribution in [-0.2, 0) is 6.54 Å². The van der Waals surface area contributed by atoms with Gasteiger partial charge in [-0.25, -0.2) is 0 Å². The smallest absolute Gasteiger partial charge is 0.0965 e. The van der Waals surface area contributed by atoms with Gasteiger partial charge in [-0.1, -0.05) is 30.3 Å². The SMILES string of the molecule is N#CC1=C(NCc2ccccc2)CCC1. The Balaban J connectivity index is 1.97. The van der Waals surface area contributed by atoms with Crippen molar-refractivity contribution in [3.05, 3.63) is 47.2 Å². The molecule has 1 aliphatic carbocycles. The molecule has 0 fully saturated rings. The van der Waals surface area contributed by atoms with Crippen LogP contribution in [0.15, 0.2) is 41.6 Å². The molecule has 76 valence electrons. The molecule has 0 amide bonds. The van der Waals surface area contributed by atoms with E-state index in [1.54, 1.807) is 0 Å². The molecule has 0 aliphatic heterocycles. The van der Waals surface area contributed by atoms with E-state index in [-0.39, 0.29) is 0 Å². The Labute approximate surface area is 90.2 Å². The maximum absolute atomic E-state index is 8.89. The summed E-state index contributed by atoms with van der Waals surface area (Å²) >= 11 is 0. The van der Waals surface area contributed by atoms with E-state index in [0.29, 0.717) is 0 Å². The molecule has 2 nitrogen and oxygen atoms in total. The molecule has 0 saturated heterocycles. The molecule has 0 spiro atoms. The molecule has 2 heteroatoms. The normalized spacial score (nSPS) is 15.1. The number of allylic oxidation sites excluding steroid dienone is 2. The highest BCUT2D eigenvalue weighted by Crippen LogP contribution is 2.23. The lowest BCUT2D eigenvalue weighted by molar-refractivity contribution is 0.761. The van der Waals surface area contributed by atoms with E-state index in [1.807, 2.05) is 18.2 Å². The number of nitriles is 1. The van der Waals surface area contributed by atoms with Crippen LogP contribution >= 0.6 is 0 Å². The van der Waals surface area contributed by atoms with Gasteiger partial charge in [0.1, 0.15) is 0 Å². The number of hydrogen-bond acceptors (Lipinski definition) is 2. The average Bonchev–Trinajstić information content (AvgIpc) is 2.75. The van der Waals surface area contributed by atoms with Gasteiger partial charge in [0.2, 0.25) is 0 Å². The fourth-order valence-corrected chi connectivity index (χ4v) is 1.87. The molecular formula is C13H14N2. The van der Waals surface area contributed by atoms with Crippen LogP contribution in [0.2, 0.25) is 0 Å². The Morgan fingerprint density at radius 3 is 2.73 bits per heavy atom.